The van der Waals surface area contributed by atoms with Crippen LogP contribution in [-0.4, -0.2) is 23.5 Å². The Morgan fingerprint density at radius 2 is 1.76 bits per heavy atom. The summed E-state index contributed by atoms with van der Waals surface area (Å²) in [5.74, 6) is 2.88. The van der Waals surface area contributed by atoms with Crippen LogP contribution in [0, 0.1) is 23.2 Å². The van der Waals surface area contributed by atoms with Crippen molar-refractivity contribution < 1.29 is 0 Å². The van der Waals surface area contributed by atoms with Crippen LogP contribution >= 0.6 is 0 Å². The lowest BCUT2D eigenvalue weighted by Crippen LogP contribution is -2.41. The normalized spacial score (nSPS) is 40.2. The van der Waals surface area contributed by atoms with Gasteiger partial charge in [0.25, 0.3) is 0 Å². The molecule has 0 aromatic heterocycles. The number of fused-ring (bicyclic) bond motifs is 1. The van der Waals surface area contributed by atoms with E-state index in [1.54, 1.807) is 25.7 Å². The molecule has 2 saturated carbocycles. The molecule has 17 heavy (non-hydrogen) atoms. The third kappa shape index (κ3) is 1.95. The van der Waals surface area contributed by atoms with Gasteiger partial charge in [-0.3, -0.25) is 4.90 Å². The first-order valence-electron chi connectivity index (χ1n) is 7.78. The molecule has 1 heterocycles. The van der Waals surface area contributed by atoms with Gasteiger partial charge in [0, 0.05) is 18.6 Å². The average Bonchev–Trinajstić information content (AvgIpc) is 2.88. The molecule has 0 aromatic carbocycles. The molecule has 3 unspecified atom stereocenters. The zero-order valence-corrected chi connectivity index (χ0v) is 12.1. The van der Waals surface area contributed by atoms with Gasteiger partial charge >= 0.3 is 0 Å². The predicted molar refractivity (Wildman–Crippen MR) is 73.0 cm³/mol. The monoisotopic (exact) mass is 235 g/mol. The average molecular weight is 235 g/mol. The van der Waals surface area contributed by atoms with Gasteiger partial charge in [-0.05, 0) is 69.1 Å². The molecule has 1 spiro atoms. The highest BCUT2D eigenvalue weighted by Gasteiger charge is 2.54. The van der Waals surface area contributed by atoms with E-state index in [-0.39, 0.29) is 0 Å². The topological polar surface area (TPSA) is 3.24 Å². The van der Waals surface area contributed by atoms with Crippen LogP contribution < -0.4 is 0 Å². The van der Waals surface area contributed by atoms with Gasteiger partial charge in [0.1, 0.15) is 0 Å². The second kappa shape index (κ2) is 3.98. The van der Waals surface area contributed by atoms with Gasteiger partial charge in [0.05, 0.1) is 0 Å². The molecule has 1 saturated heterocycles. The van der Waals surface area contributed by atoms with Gasteiger partial charge in [-0.1, -0.05) is 13.8 Å². The van der Waals surface area contributed by atoms with Crippen LogP contribution in [-0.2, 0) is 0 Å². The van der Waals surface area contributed by atoms with Crippen molar-refractivity contribution in [2.24, 2.45) is 23.2 Å². The van der Waals surface area contributed by atoms with Crippen LogP contribution in [0.4, 0.5) is 0 Å². The van der Waals surface area contributed by atoms with Gasteiger partial charge in [0.15, 0.2) is 0 Å². The maximum atomic E-state index is 2.82. The highest BCUT2D eigenvalue weighted by Crippen LogP contribution is 2.61. The molecule has 3 atom stereocenters. The van der Waals surface area contributed by atoms with Crippen LogP contribution in [0.5, 0.6) is 0 Å². The molecule has 1 aliphatic heterocycles. The van der Waals surface area contributed by atoms with E-state index in [9.17, 15) is 0 Å². The van der Waals surface area contributed by atoms with Crippen molar-refractivity contribution in [2.75, 3.05) is 6.54 Å². The molecule has 98 valence electrons. The Bertz CT molecular complexity index is 290. The van der Waals surface area contributed by atoms with E-state index in [2.05, 4.69) is 32.6 Å². The molecular formula is C16H29N. The van der Waals surface area contributed by atoms with Gasteiger partial charge in [-0.25, -0.2) is 0 Å². The van der Waals surface area contributed by atoms with Crippen LogP contribution in [0.2, 0.25) is 0 Å². The third-order valence-corrected chi connectivity index (χ3v) is 5.88. The third-order valence-electron chi connectivity index (χ3n) is 5.88. The summed E-state index contributed by atoms with van der Waals surface area (Å²) >= 11 is 0. The Labute approximate surface area is 107 Å². The minimum absolute atomic E-state index is 0.739. The van der Waals surface area contributed by atoms with Crippen molar-refractivity contribution in [1.82, 2.24) is 4.90 Å². The summed E-state index contributed by atoms with van der Waals surface area (Å²) < 4.78 is 0. The fourth-order valence-corrected chi connectivity index (χ4v) is 4.87. The van der Waals surface area contributed by atoms with Gasteiger partial charge in [-0.2, -0.15) is 0 Å². The van der Waals surface area contributed by atoms with Crippen molar-refractivity contribution in [3.8, 4) is 0 Å². The Balaban J connectivity index is 1.78. The summed E-state index contributed by atoms with van der Waals surface area (Å²) in [7, 11) is 0. The van der Waals surface area contributed by atoms with Crippen LogP contribution in [0.25, 0.3) is 0 Å². The fourth-order valence-electron chi connectivity index (χ4n) is 4.87. The quantitative estimate of drug-likeness (QED) is 0.701. The highest BCUT2D eigenvalue weighted by atomic mass is 15.2. The minimum atomic E-state index is 0.739. The predicted octanol–water partition coefficient (Wildman–Crippen LogP) is 3.93. The van der Waals surface area contributed by atoms with Gasteiger partial charge in [-0.15, -0.1) is 0 Å². The summed E-state index contributed by atoms with van der Waals surface area (Å²) in [6.45, 7) is 11.0. The molecule has 1 heteroatoms. The number of likely N-dealkylation sites (tertiary alicyclic amines) is 1. The maximum absolute atomic E-state index is 2.82. The minimum Gasteiger partial charge on any atom is -0.297 e. The molecule has 0 amide bonds. The second-order valence-corrected chi connectivity index (χ2v) is 7.69. The lowest BCUT2D eigenvalue weighted by molar-refractivity contribution is 0.124. The fraction of sp³-hybridized carbons (Fsp3) is 1.00. The molecule has 3 aliphatic rings. The van der Waals surface area contributed by atoms with E-state index < -0.39 is 0 Å². The Morgan fingerprint density at radius 1 is 1.06 bits per heavy atom. The van der Waals surface area contributed by atoms with E-state index in [4.69, 9.17) is 0 Å². The summed E-state index contributed by atoms with van der Waals surface area (Å²) in [6, 6.07) is 1.61. The van der Waals surface area contributed by atoms with E-state index in [1.165, 1.54) is 13.0 Å². The number of hydrogen-bond donors (Lipinski definition) is 0. The first kappa shape index (κ1) is 12.0. The molecule has 0 bridgehead atoms. The Morgan fingerprint density at radius 3 is 2.29 bits per heavy atom. The summed E-state index contributed by atoms with van der Waals surface area (Å²) in [4.78, 5) is 2.82. The molecule has 0 aromatic rings. The number of hydrogen-bond acceptors (Lipinski definition) is 1. The van der Waals surface area contributed by atoms with Crippen molar-refractivity contribution in [3.05, 3.63) is 0 Å². The zero-order chi connectivity index (χ0) is 12.2. The SMILES string of the molecule is CC(C)C1C2CCC3(CC3)CC2CN1C(C)C. The van der Waals surface area contributed by atoms with Crippen molar-refractivity contribution in [2.45, 2.75) is 71.9 Å². The van der Waals surface area contributed by atoms with E-state index in [1.807, 2.05) is 0 Å². The standard InChI is InChI=1S/C16H29N/c1-11(2)15-14-5-6-16(7-8-16)9-13(14)10-17(15)12(3)4/h11-15H,5-10H2,1-4H3. The van der Waals surface area contributed by atoms with Gasteiger partial charge < -0.3 is 0 Å². The number of rotatable bonds is 2. The highest BCUT2D eigenvalue weighted by molar-refractivity contribution is 5.06. The molecule has 1 nitrogen and oxygen atoms in total. The lowest BCUT2D eigenvalue weighted by atomic mass is 9.70. The van der Waals surface area contributed by atoms with Crippen molar-refractivity contribution in [1.29, 1.82) is 0 Å². The van der Waals surface area contributed by atoms with Crippen LogP contribution in [0.1, 0.15) is 59.8 Å². The molecule has 0 radical (unpaired) electrons. The van der Waals surface area contributed by atoms with Gasteiger partial charge in [0.2, 0.25) is 0 Å². The smallest absolute Gasteiger partial charge is 0.0152 e. The molecule has 2 aliphatic carbocycles. The van der Waals surface area contributed by atoms with Crippen molar-refractivity contribution in [3.63, 3.8) is 0 Å². The van der Waals surface area contributed by atoms with E-state index in [0.717, 1.165) is 35.3 Å². The summed E-state index contributed by atoms with van der Waals surface area (Å²) in [6.07, 6.45) is 7.72. The largest absolute Gasteiger partial charge is 0.297 e. The zero-order valence-electron chi connectivity index (χ0n) is 12.1. The first-order valence-corrected chi connectivity index (χ1v) is 7.78. The maximum Gasteiger partial charge on any atom is 0.0152 e. The Kier molecular flexibility index (Phi) is 2.81. The Hall–Kier alpha value is -0.0400. The van der Waals surface area contributed by atoms with Crippen LogP contribution in [0.3, 0.4) is 0 Å². The van der Waals surface area contributed by atoms with Crippen LogP contribution in [0.15, 0.2) is 0 Å². The molecular weight excluding hydrogens is 206 g/mol. The molecule has 3 rings (SSSR count). The van der Waals surface area contributed by atoms with E-state index >= 15 is 0 Å². The summed E-state index contributed by atoms with van der Waals surface area (Å²) in [5.41, 5.74) is 0.843. The van der Waals surface area contributed by atoms with E-state index in [0.29, 0.717) is 0 Å². The number of nitrogens with zero attached hydrogens (tertiary/aromatic N) is 1. The molecule has 3 fully saturated rings. The second-order valence-electron chi connectivity index (χ2n) is 7.69. The lowest BCUT2D eigenvalue weighted by Gasteiger charge is -2.37. The summed E-state index contributed by atoms with van der Waals surface area (Å²) in [5, 5.41) is 0. The van der Waals surface area contributed by atoms with Crippen molar-refractivity contribution >= 4 is 0 Å². The first-order chi connectivity index (χ1) is 8.02. The molecule has 0 N–H and O–H groups in total.